The van der Waals surface area contributed by atoms with Crippen LogP contribution in [0.4, 0.5) is 0 Å². The van der Waals surface area contributed by atoms with E-state index in [1.165, 1.54) is 25.7 Å². The van der Waals surface area contributed by atoms with Crippen molar-refractivity contribution in [2.45, 2.75) is 83.5 Å². The summed E-state index contributed by atoms with van der Waals surface area (Å²) in [6, 6.07) is 1.63. The van der Waals surface area contributed by atoms with E-state index < -0.39 is 5.63 Å². The molecule has 2 bridgehead atoms. The van der Waals surface area contributed by atoms with E-state index >= 15 is 0 Å². The maximum Gasteiger partial charge on any atom is 0.343 e. The Hall–Kier alpha value is -2.29. The molecule has 0 amide bonds. The number of fused-ring (bicyclic) bond motifs is 13. The third kappa shape index (κ3) is 8.72. The molecule has 1 unspecified atom stereocenters. The highest BCUT2D eigenvalue weighted by Gasteiger charge is 2.17. The molecule has 1 aliphatic carbocycles. The zero-order chi connectivity index (χ0) is 20.7. The van der Waals surface area contributed by atoms with Gasteiger partial charge in [0.1, 0.15) is 11.5 Å². The van der Waals surface area contributed by atoms with Gasteiger partial charge in [-0.25, -0.2) is 4.79 Å². The molecule has 0 saturated carbocycles. The van der Waals surface area contributed by atoms with Crippen molar-refractivity contribution >= 4 is 0 Å². The quantitative estimate of drug-likeness (QED) is 0.551. The molecule has 1 atom stereocenters. The number of aromatic hydroxyl groups is 1. The van der Waals surface area contributed by atoms with Crippen molar-refractivity contribution in [1.29, 1.82) is 0 Å². The summed E-state index contributed by atoms with van der Waals surface area (Å²) in [7, 11) is 0. The van der Waals surface area contributed by atoms with Crippen molar-refractivity contribution in [3.8, 4) is 5.75 Å². The van der Waals surface area contributed by atoms with Crippen LogP contribution in [0.25, 0.3) is 0 Å². The Balaban J connectivity index is 2.25. The van der Waals surface area contributed by atoms with Gasteiger partial charge < -0.3 is 9.52 Å². The number of aryl methyl sites for hydroxylation is 1. The molecule has 3 heteroatoms. The molecule has 1 N–H and O–H groups in total. The number of rotatable bonds is 4. The van der Waals surface area contributed by atoms with Gasteiger partial charge in [0.05, 0.1) is 5.56 Å². The summed E-state index contributed by atoms with van der Waals surface area (Å²) in [5.74, 6) is 0.330. The molecule has 158 valence electrons. The standard InChI is InChI=1S/C26H36O3/c1-2-3-4-12-15-18-22-19-16-13-10-8-6-5-7-9-11-14-17-20-23-21-24(27)25(22)26(28)29-23/h3-4,8,10,15-16,18-19,21-22,27H,2,5-7,9,11-14,17,20H2,1H3/b4-3-,10-8-,18-15+,19-16-. The molecule has 2 heterocycles. The number of hydrogen-bond donors (Lipinski definition) is 1. The Labute approximate surface area is 175 Å². The lowest BCUT2D eigenvalue weighted by Crippen LogP contribution is -2.12. The van der Waals surface area contributed by atoms with Crippen LogP contribution in [0.3, 0.4) is 0 Å². The number of hydrogen-bond acceptors (Lipinski definition) is 3. The second kappa shape index (κ2) is 13.8. The molecular weight excluding hydrogens is 360 g/mol. The molecule has 3 rings (SSSR count). The fourth-order valence-electron chi connectivity index (χ4n) is 3.58. The summed E-state index contributed by atoms with van der Waals surface area (Å²) < 4.78 is 5.55. The minimum atomic E-state index is -0.431. The van der Waals surface area contributed by atoms with Gasteiger partial charge in [-0.2, -0.15) is 0 Å². The van der Waals surface area contributed by atoms with Gasteiger partial charge in [-0.3, -0.25) is 0 Å². The Morgan fingerprint density at radius 1 is 1.03 bits per heavy atom. The molecule has 0 fully saturated rings. The first-order chi connectivity index (χ1) is 14.2. The second-order valence-electron chi connectivity index (χ2n) is 7.66. The highest BCUT2D eigenvalue weighted by molar-refractivity contribution is 5.38. The molecule has 1 aliphatic heterocycles. The summed E-state index contributed by atoms with van der Waals surface area (Å²) in [5.41, 5.74) is -0.106. The van der Waals surface area contributed by atoms with E-state index in [1.807, 2.05) is 18.2 Å². The van der Waals surface area contributed by atoms with Crippen LogP contribution < -0.4 is 5.63 Å². The van der Waals surface area contributed by atoms with Crippen LogP contribution >= 0.6 is 0 Å². The lowest BCUT2D eigenvalue weighted by molar-refractivity contribution is 0.407. The average molecular weight is 397 g/mol. The first kappa shape index (κ1) is 23.0. The minimum absolute atomic E-state index is 0.0382. The average Bonchev–Trinajstić information content (AvgIpc) is 2.69. The maximum absolute atomic E-state index is 12.6. The predicted octanol–water partition coefficient (Wildman–Crippen LogP) is 7.13. The predicted molar refractivity (Wildman–Crippen MR) is 121 cm³/mol. The third-order valence-corrected chi connectivity index (χ3v) is 5.19. The van der Waals surface area contributed by atoms with Crippen LogP contribution in [0.5, 0.6) is 5.75 Å². The smallest absolute Gasteiger partial charge is 0.343 e. The summed E-state index contributed by atoms with van der Waals surface area (Å²) in [4.78, 5) is 12.6. The Morgan fingerprint density at radius 2 is 1.83 bits per heavy atom. The van der Waals surface area contributed by atoms with Crippen LogP contribution in [-0.4, -0.2) is 5.11 Å². The van der Waals surface area contributed by atoms with Crippen molar-refractivity contribution in [3.63, 3.8) is 0 Å². The molecule has 29 heavy (non-hydrogen) atoms. The van der Waals surface area contributed by atoms with E-state index in [4.69, 9.17) is 4.42 Å². The third-order valence-electron chi connectivity index (χ3n) is 5.19. The summed E-state index contributed by atoms with van der Waals surface area (Å²) in [6.07, 6.45) is 28.3. The van der Waals surface area contributed by atoms with E-state index in [-0.39, 0.29) is 11.7 Å². The van der Waals surface area contributed by atoms with Gasteiger partial charge in [0, 0.05) is 18.4 Å². The van der Waals surface area contributed by atoms with Crippen molar-refractivity contribution in [1.82, 2.24) is 0 Å². The largest absolute Gasteiger partial charge is 0.507 e. The molecule has 1 aromatic rings. The van der Waals surface area contributed by atoms with Gasteiger partial charge >= 0.3 is 5.63 Å². The topological polar surface area (TPSA) is 50.4 Å². The van der Waals surface area contributed by atoms with E-state index in [2.05, 4.69) is 37.3 Å². The van der Waals surface area contributed by atoms with Crippen LogP contribution in [0.2, 0.25) is 0 Å². The first-order valence-electron chi connectivity index (χ1n) is 11.2. The van der Waals surface area contributed by atoms with Gasteiger partial charge in [0.15, 0.2) is 0 Å². The lowest BCUT2D eigenvalue weighted by atomic mass is 9.97. The Morgan fingerprint density at radius 3 is 2.62 bits per heavy atom. The van der Waals surface area contributed by atoms with Crippen LogP contribution in [0.15, 0.2) is 63.9 Å². The Kier molecular flexibility index (Phi) is 11.0. The molecule has 2 aliphatic rings. The van der Waals surface area contributed by atoms with Gasteiger partial charge in [-0.15, -0.1) is 0 Å². The normalized spacial score (nSPS) is 21.9. The van der Waals surface area contributed by atoms with Gasteiger partial charge in [0.2, 0.25) is 0 Å². The van der Waals surface area contributed by atoms with Crippen molar-refractivity contribution in [2.75, 3.05) is 0 Å². The summed E-state index contributed by atoms with van der Waals surface area (Å²) in [6.45, 7) is 2.10. The summed E-state index contributed by atoms with van der Waals surface area (Å²) >= 11 is 0. The van der Waals surface area contributed by atoms with Crippen LogP contribution in [0.1, 0.15) is 88.4 Å². The second-order valence-corrected chi connectivity index (χ2v) is 7.66. The first-order valence-corrected chi connectivity index (χ1v) is 11.2. The summed E-state index contributed by atoms with van der Waals surface area (Å²) in [5, 5.41) is 10.6. The lowest BCUT2D eigenvalue weighted by Gasteiger charge is -2.11. The van der Waals surface area contributed by atoms with Crippen LogP contribution in [-0.2, 0) is 6.42 Å². The van der Waals surface area contributed by atoms with Gasteiger partial charge in [-0.1, -0.05) is 81.2 Å². The fourth-order valence-corrected chi connectivity index (χ4v) is 3.58. The zero-order valence-electron chi connectivity index (χ0n) is 17.8. The number of allylic oxidation sites excluding steroid dienone is 8. The SMILES string of the molecule is CC/C=C\C/C=C/C1/C=C\C/C=C\CCCCCCCCc2cc(O)c1c(=O)o2. The maximum atomic E-state index is 12.6. The zero-order valence-corrected chi connectivity index (χ0v) is 17.8. The monoisotopic (exact) mass is 396 g/mol. The Bertz CT molecular complexity index is 765. The molecule has 0 radical (unpaired) electrons. The van der Waals surface area contributed by atoms with Gasteiger partial charge in [0.25, 0.3) is 0 Å². The van der Waals surface area contributed by atoms with Crippen molar-refractivity contribution < 1.29 is 9.52 Å². The molecule has 0 spiro atoms. The highest BCUT2D eigenvalue weighted by atomic mass is 16.4. The minimum Gasteiger partial charge on any atom is -0.507 e. The van der Waals surface area contributed by atoms with Gasteiger partial charge in [-0.05, 0) is 38.5 Å². The highest BCUT2D eigenvalue weighted by Crippen LogP contribution is 2.27. The van der Waals surface area contributed by atoms with E-state index in [9.17, 15) is 9.90 Å². The molecule has 0 aromatic carbocycles. The molecule has 0 saturated heterocycles. The van der Waals surface area contributed by atoms with E-state index in [1.54, 1.807) is 6.07 Å². The molecule has 1 aromatic heterocycles. The molecular formula is C26H36O3. The van der Waals surface area contributed by atoms with E-state index in [0.29, 0.717) is 17.7 Å². The van der Waals surface area contributed by atoms with Crippen LogP contribution in [0, 0.1) is 0 Å². The fraction of sp³-hybridized carbons (Fsp3) is 0.500. The van der Waals surface area contributed by atoms with Crippen molar-refractivity contribution in [3.05, 3.63) is 76.4 Å². The van der Waals surface area contributed by atoms with Crippen molar-refractivity contribution in [2.24, 2.45) is 0 Å². The molecule has 3 nitrogen and oxygen atoms in total. The van der Waals surface area contributed by atoms with E-state index in [0.717, 1.165) is 38.5 Å².